The quantitative estimate of drug-likeness (QED) is 0.742. The Morgan fingerprint density at radius 3 is 2.86 bits per heavy atom. The van der Waals surface area contributed by atoms with Crippen molar-refractivity contribution in [3.05, 3.63) is 21.9 Å². The highest BCUT2D eigenvalue weighted by atomic mass is 32.1. The first kappa shape index (κ1) is 16.4. The molecule has 0 radical (unpaired) electrons. The van der Waals surface area contributed by atoms with Gasteiger partial charge in [0.1, 0.15) is 0 Å². The zero-order valence-corrected chi connectivity index (χ0v) is 14.8. The van der Waals surface area contributed by atoms with E-state index in [1.807, 2.05) is 11.3 Å². The van der Waals surface area contributed by atoms with E-state index in [0.29, 0.717) is 5.92 Å². The van der Waals surface area contributed by atoms with Crippen molar-refractivity contribution in [2.75, 3.05) is 32.9 Å². The first-order chi connectivity index (χ1) is 10.7. The van der Waals surface area contributed by atoms with Crippen LogP contribution in [0.2, 0.25) is 0 Å². The molecule has 3 heterocycles. The van der Waals surface area contributed by atoms with Gasteiger partial charge in [0, 0.05) is 49.2 Å². The summed E-state index contributed by atoms with van der Waals surface area (Å²) in [4.78, 5) is 5.50. The van der Waals surface area contributed by atoms with Gasteiger partial charge in [-0.3, -0.25) is 4.90 Å². The van der Waals surface area contributed by atoms with Crippen molar-refractivity contribution in [3.63, 3.8) is 0 Å². The summed E-state index contributed by atoms with van der Waals surface area (Å²) in [5.41, 5.74) is 0.152. The molecule has 0 aliphatic carbocycles. The van der Waals surface area contributed by atoms with Gasteiger partial charge in [-0.1, -0.05) is 0 Å². The highest BCUT2D eigenvalue weighted by molar-refractivity contribution is 7.11. The van der Waals surface area contributed by atoms with Crippen LogP contribution in [0.5, 0.6) is 0 Å². The van der Waals surface area contributed by atoms with Crippen molar-refractivity contribution >= 4 is 11.3 Å². The molecule has 2 aliphatic heterocycles. The van der Waals surface area contributed by atoms with Crippen molar-refractivity contribution < 1.29 is 9.47 Å². The minimum absolute atomic E-state index is 0.152. The predicted molar refractivity (Wildman–Crippen MR) is 91.5 cm³/mol. The fourth-order valence-electron chi connectivity index (χ4n) is 4.00. The maximum atomic E-state index is 6.25. The molecule has 1 spiro atoms. The van der Waals surface area contributed by atoms with Crippen molar-refractivity contribution in [2.24, 2.45) is 5.92 Å². The fraction of sp³-hybridized carbons (Fsp3) is 0.778. The third-order valence-corrected chi connectivity index (χ3v) is 6.28. The number of thiophene rings is 1. The molecule has 2 fully saturated rings. The van der Waals surface area contributed by atoms with Crippen LogP contribution in [0, 0.1) is 12.8 Å². The van der Waals surface area contributed by atoms with Crippen LogP contribution in [-0.2, 0) is 16.0 Å². The molecule has 2 aliphatic rings. The number of nitrogens with zero attached hydrogens (tertiary/aromatic N) is 1. The molecule has 124 valence electrons. The molecule has 4 heteroatoms. The van der Waals surface area contributed by atoms with E-state index in [0.717, 1.165) is 32.8 Å². The summed E-state index contributed by atoms with van der Waals surface area (Å²) >= 11 is 1.93. The van der Waals surface area contributed by atoms with Crippen LogP contribution in [0.1, 0.15) is 42.4 Å². The normalized spacial score (nSPS) is 25.1. The van der Waals surface area contributed by atoms with E-state index >= 15 is 0 Å². The van der Waals surface area contributed by atoms with Gasteiger partial charge in [-0.2, -0.15) is 0 Å². The molecule has 0 aromatic carbocycles. The standard InChI is InChI=1S/C18H29NO2S/c1-3-20-12-6-16-7-13-21-18(16)8-10-19(11-9-18)14-17-5-4-15(2)22-17/h4-5,16H,3,6-14H2,1-2H3. The van der Waals surface area contributed by atoms with Crippen molar-refractivity contribution in [1.82, 2.24) is 4.90 Å². The highest BCUT2D eigenvalue weighted by Crippen LogP contribution is 2.42. The number of rotatable bonds is 6. The molecule has 1 unspecified atom stereocenters. The SMILES string of the molecule is CCOCCC1CCOC12CCN(Cc1ccc(C)s1)CC2. The van der Waals surface area contributed by atoms with E-state index in [1.165, 1.54) is 42.1 Å². The largest absolute Gasteiger partial charge is 0.382 e. The van der Waals surface area contributed by atoms with Gasteiger partial charge in [-0.25, -0.2) is 0 Å². The summed E-state index contributed by atoms with van der Waals surface area (Å²) in [6, 6.07) is 4.51. The maximum absolute atomic E-state index is 6.25. The molecule has 0 bridgehead atoms. The smallest absolute Gasteiger partial charge is 0.0736 e. The molecule has 0 amide bonds. The summed E-state index contributed by atoms with van der Waals surface area (Å²) in [5, 5.41) is 0. The van der Waals surface area contributed by atoms with Crippen LogP contribution in [0.25, 0.3) is 0 Å². The van der Waals surface area contributed by atoms with Crippen LogP contribution in [0.4, 0.5) is 0 Å². The first-order valence-corrected chi connectivity index (χ1v) is 9.53. The molecular formula is C18H29NO2S. The van der Waals surface area contributed by atoms with Gasteiger partial charge in [-0.05, 0) is 57.6 Å². The number of aryl methyl sites for hydroxylation is 1. The number of hydrogen-bond donors (Lipinski definition) is 0. The summed E-state index contributed by atoms with van der Waals surface area (Å²) in [7, 11) is 0. The number of hydrogen-bond acceptors (Lipinski definition) is 4. The molecule has 3 nitrogen and oxygen atoms in total. The molecule has 2 saturated heterocycles. The second-order valence-electron chi connectivity index (χ2n) is 6.67. The zero-order chi connectivity index (χ0) is 15.4. The van der Waals surface area contributed by atoms with Crippen molar-refractivity contribution in [3.8, 4) is 0 Å². The summed E-state index contributed by atoms with van der Waals surface area (Å²) in [6.07, 6.45) is 4.76. The van der Waals surface area contributed by atoms with Crippen LogP contribution in [-0.4, -0.2) is 43.4 Å². The van der Waals surface area contributed by atoms with Crippen molar-refractivity contribution in [1.29, 1.82) is 0 Å². The Morgan fingerprint density at radius 2 is 2.18 bits per heavy atom. The van der Waals surface area contributed by atoms with Gasteiger partial charge in [0.05, 0.1) is 5.60 Å². The Balaban J connectivity index is 1.51. The average molecular weight is 324 g/mol. The van der Waals surface area contributed by atoms with Gasteiger partial charge in [-0.15, -0.1) is 11.3 Å². The predicted octanol–water partition coefficient (Wildman–Crippen LogP) is 3.85. The Bertz CT molecular complexity index is 465. The van der Waals surface area contributed by atoms with E-state index < -0.39 is 0 Å². The Morgan fingerprint density at radius 1 is 1.36 bits per heavy atom. The molecule has 22 heavy (non-hydrogen) atoms. The van der Waals surface area contributed by atoms with Gasteiger partial charge < -0.3 is 9.47 Å². The zero-order valence-electron chi connectivity index (χ0n) is 14.0. The molecule has 1 aromatic rings. The van der Waals surface area contributed by atoms with Crippen LogP contribution >= 0.6 is 11.3 Å². The van der Waals surface area contributed by atoms with Crippen LogP contribution < -0.4 is 0 Å². The van der Waals surface area contributed by atoms with Gasteiger partial charge in [0.15, 0.2) is 0 Å². The lowest BCUT2D eigenvalue weighted by molar-refractivity contribution is -0.0726. The molecule has 1 atom stereocenters. The second kappa shape index (κ2) is 7.43. The van der Waals surface area contributed by atoms with E-state index in [2.05, 4.69) is 30.9 Å². The third-order valence-electron chi connectivity index (χ3n) is 5.29. The monoisotopic (exact) mass is 323 g/mol. The molecule has 1 aromatic heterocycles. The van der Waals surface area contributed by atoms with Crippen LogP contribution in [0.3, 0.4) is 0 Å². The minimum Gasteiger partial charge on any atom is -0.382 e. The summed E-state index contributed by atoms with van der Waals surface area (Å²) in [5.74, 6) is 0.699. The Labute approximate surface area is 138 Å². The topological polar surface area (TPSA) is 21.7 Å². The molecular weight excluding hydrogens is 294 g/mol. The van der Waals surface area contributed by atoms with E-state index in [4.69, 9.17) is 9.47 Å². The van der Waals surface area contributed by atoms with Crippen molar-refractivity contribution in [2.45, 2.75) is 51.7 Å². The maximum Gasteiger partial charge on any atom is 0.0736 e. The summed E-state index contributed by atoms with van der Waals surface area (Å²) in [6.45, 7) is 10.4. The molecule has 0 saturated carbocycles. The second-order valence-corrected chi connectivity index (χ2v) is 8.05. The average Bonchev–Trinajstić information content (AvgIpc) is 3.09. The number of likely N-dealkylation sites (tertiary alicyclic amines) is 1. The number of ether oxygens (including phenoxy) is 2. The minimum atomic E-state index is 0.152. The van der Waals surface area contributed by atoms with E-state index in [-0.39, 0.29) is 5.60 Å². The summed E-state index contributed by atoms with van der Waals surface area (Å²) < 4.78 is 11.8. The Hall–Kier alpha value is -0.420. The van der Waals surface area contributed by atoms with E-state index in [9.17, 15) is 0 Å². The molecule has 0 N–H and O–H groups in total. The number of piperidine rings is 1. The fourth-order valence-corrected chi connectivity index (χ4v) is 4.93. The van der Waals surface area contributed by atoms with Crippen LogP contribution in [0.15, 0.2) is 12.1 Å². The van der Waals surface area contributed by atoms with Gasteiger partial charge in [0.25, 0.3) is 0 Å². The lowest BCUT2D eigenvalue weighted by atomic mass is 9.78. The van der Waals surface area contributed by atoms with Gasteiger partial charge >= 0.3 is 0 Å². The Kier molecular flexibility index (Phi) is 5.55. The third kappa shape index (κ3) is 3.73. The highest BCUT2D eigenvalue weighted by Gasteiger charge is 2.45. The lowest BCUT2D eigenvalue weighted by Crippen LogP contribution is -2.47. The molecule has 3 rings (SSSR count). The van der Waals surface area contributed by atoms with E-state index in [1.54, 1.807) is 0 Å². The first-order valence-electron chi connectivity index (χ1n) is 8.71. The lowest BCUT2D eigenvalue weighted by Gasteiger charge is -2.42. The van der Waals surface area contributed by atoms with Gasteiger partial charge in [0.2, 0.25) is 0 Å².